The Morgan fingerprint density at radius 2 is 1.55 bits per heavy atom. The number of hydrogen-bond acceptors (Lipinski definition) is 2. The number of nitrogens with zero attached hydrogens (tertiary/aromatic N) is 2. The van der Waals surface area contributed by atoms with E-state index in [1.54, 1.807) is 11.9 Å². The molecule has 0 atom stereocenters. The van der Waals surface area contributed by atoms with E-state index in [1.165, 1.54) is 10.5 Å². The van der Waals surface area contributed by atoms with Gasteiger partial charge in [0.25, 0.3) is 5.91 Å². The predicted octanol–water partition coefficient (Wildman–Crippen LogP) is 2.19. The van der Waals surface area contributed by atoms with Crippen LogP contribution in [0.2, 0.25) is 0 Å². The smallest absolute Gasteiger partial charge is 0.254 e. The molecule has 2 amide bonds. The van der Waals surface area contributed by atoms with Gasteiger partial charge in [0, 0.05) is 25.7 Å². The molecule has 0 aliphatic rings. The van der Waals surface area contributed by atoms with Crippen LogP contribution in [0.15, 0.2) is 24.3 Å². The number of benzene rings is 1. The van der Waals surface area contributed by atoms with Crippen molar-refractivity contribution >= 4 is 11.8 Å². The zero-order valence-corrected chi connectivity index (χ0v) is 12.8. The summed E-state index contributed by atoms with van der Waals surface area (Å²) in [7, 11) is 1.66. The number of aryl methyl sites for hydroxylation is 1. The molecular weight excluding hydrogens is 252 g/mol. The standard InChI is InChI=1S/C16H24N2O2/c1-5-13-8-10-14(11-9-13)16(20)17(4)12-15(19)18(6-2)7-3/h8-11H,5-7,12H2,1-4H3. The predicted molar refractivity (Wildman–Crippen MR) is 80.7 cm³/mol. The molecule has 20 heavy (non-hydrogen) atoms. The molecule has 0 bridgehead atoms. The molecule has 0 fully saturated rings. The van der Waals surface area contributed by atoms with E-state index < -0.39 is 0 Å². The molecule has 110 valence electrons. The van der Waals surface area contributed by atoms with Crippen molar-refractivity contribution in [1.29, 1.82) is 0 Å². The molecule has 1 aromatic rings. The Morgan fingerprint density at radius 1 is 1.00 bits per heavy atom. The van der Waals surface area contributed by atoms with E-state index in [9.17, 15) is 9.59 Å². The molecule has 4 nitrogen and oxygen atoms in total. The maximum absolute atomic E-state index is 12.2. The first kappa shape index (κ1) is 16.2. The van der Waals surface area contributed by atoms with E-state index >= 15 is 0 Å². The molecule has 0 radical (unpaired) electrons. The van der Waals surface area contributed by atoms with Crippen LogP contribution < -0.4 is 0 Å². The summed E-state index contributed by atoms with van der Waals surface area (Å²) in [6, 6.07) is 7.54. The van der Waals surface area contributed by atoms with E-state index in [4.69, 9.17) is 0 Å². The quantitative estimate of drug-likeness (QED) is 0.799. The summed E-state index contributed by atoms with van der Waals surface area (Å²) in [5.74, 6) is -0.135. The van der Waals surface area contributed by atoms with Gasteiger partial charge in [-0.05, 0) is 38.0 Å². The molecule has 0 N–H and O–H groups in total. The third kappa shape index (κ3) is 4.08. The minimum absolute atomic E-state index is 0.0176. The van der Waals surface area contributed by atoms with Crippen molar-refractivity contribution in [1.82, 2.24) is 9.80 Å². The highest BCUT2D eigenvalue weighted by atomic mass is 16.2. The van der Waals surface area contributed by atoms with Gasteiger partial charge in [0.2, 0.25) is 5.91 Å². The molecule has 1 rings (SSSR count). The molecule has 0 aliphatic heterocycles. The largest absolute Gasteiger partial charge is 0.342 e. The van der Waals surface area contributed by atoms with Crippen LogP contribution >= 0.6 is 0 Å². The van der Waals surface area contributed by atoms with Gasteiger partial charge >= 0.3 is 0 Å². The molecular formula is C16H24N2O2. The maximum atomic E-state index is 12.2. The monoisotopic (exact) mass is 276 g/mol. The number of amides is 2. The first-order valence-electron chi connectivity index (χ1n) is 7.15. The van der Waals surface area contributed by atoms with E-state index in [2.05, 4.69) is 6.92 Å². The molecule has 0 spiro atoms. The van der Waals surface area contributed by atoms with Gasteiger partial charge in [0.05, 0.1) is 6.54 Å². The van der Waals surface area contributed by atoms with E-state index in [-0.39, 0.29) is 18.4 Å². The molecule has 0 heterocycles. The molecule has 0 saturated heterocycles. The van der Waals surface area contributed by atoms with Crippen LogP contribution in [-0.4, -0.2) is 48.3 Å². The molecule has 0 saturated carbocycles. The summed E-state index contributed by atoms with van der Waals surface area (Å²) in [6.45, 7) is 7.41. The molecule has 4 heteroatoms. The number of carbonyl (C=O) groups is 2. The van der Waals surface area contributed by atoms with Gasteiger partial charge in [-0.25, -0.2) is 0 Å². The highest BCUT2D eigenvalue weighted by Crippen LogP contribution is 2.08. The zero-order chi connectivity index (χ0) is 15.1. The Labute approximate surface area is 121 Å². The Hall–Kier alpha value is -1.84. The summed E-state index contributed by atoms with van der Waals surface area (Å²) >= 11 is 0. The van der Waals surface area contributed by atoms with Crippen LogP contribution in [0.5, 0.6) is 0 Å². The van der Waals surface area contributed by atoms with Crippen LogP contribution in [0, 0.1) is 0 Å². The average Bonchev–Trinajstić information content (AvgIpc) is 2.47. The molecule has 1 aromatic carbocycles. The Kier molecular flexibility index (Phi) is 6.22. The fraction of sp³-hybridized carbons (Fsp3) is 0.500. The van der Waals surface area contributed by atoms with Crippen LogP contribution in [0.1, 0.15) is 36.7 Å². The lowest BCUT2D eigenvalue weighted by molar-refractivity contribution is -0.131. The number of carbonyl (C=O) groups excluding carboxylic acids is 2. The second-order valence-electron chi connectivity index (χ2n) is 4.78. The molecule has 0 unspecified atom stereocenters. The van der Waals surface area contributed by atoms with Crippen LogP contribution in [0.25, 0.3) is 0 Å². The third-order valence-corrected chi connectivity index (χ3v) is 3.44. The highest BCUT2D eigenvalue weighted by Gasteiger charge is 2.17. The summed E-state index contributed by atoms with van der Waals surface area (Å²) in [6.07, 6.45) is 0.949. The zero-order valence-electron chi connectivity index (χ0n) is 12.8. The van der Waals surface area contributed by atoms with Crippen molar-refractivity contribution in [2.45, 2.75) is 27.2 Å². The van der Waals surface area contributed by atoms with Gasteiger partial charge in [-0.3, -0.25) is 9.59 Å². The van der Waals surface area contributed by atoms with E-state index in [1.807, 2.05) is 38.1 Å². The van der Waals surface area contributed by atoms with Crippen molar-refractivity contribution in [3.05, 3.63) is 35.4 Å². The minimum Gasteiger partial charge on any atom is -0.342 e. The van der Waals surface area contributed by atoms with Crippen molar-refractivity contribution in [3.63, 3.8) is 0 Å². The van der Waals surface area contributed by atoms with Gasteiger partial charge < -0.3 is 9.80 Å². The van der Waals surface area contributed by atoms with Crippen LogP contribution in [-0.2, 0) is 11.2 Å². The van der Waals surface area contributed by atoms with Gasteiger partial charge in [0.1, 0.15) is 0 Å². The molecule has 0 aliphatic carbocycles. The summed E-state index contributed by atoms with van der Waals surface area (Å²) in [4.78, 5) is 27.4. The summed E-state index contributed by atoms with van der Waals surface area (Å²) in [5.41, 5.74) is 1.82. The van der Waals surface area contributed by atoms with Gasteiger partial charge in [0.15, 0.2) is 0 Å². The normalized spacial score (nSPS) is 10.2. The fourth-order valence-corrected chi connectivity index (χ4v) is 2.05. The first-order chi connectivity index (χ1) is 9.53. The average molecular weight is 276 g/mol. The topological polar surface area (TPSA) is 40.6 Å². The van der Waals surface area contributed by atoms with Crippen molar-refractivity contribution in [2.75, 3.05) is 26.7 Å². The number of rotatable bonds is 6. The minimum atomic E-state index is -0.117. The van der Waals surface area contributed by atoms with E-state index in [0.717, 1.165) is 6.42 Å². The van der Waals surface area contributed by atoms with Crippen molar-refractivity contribution in [3.8, 4) is 0 Å². The van der Waals surface area contributed by atoms with E-state index in [0.29, 0.717) is 18.7 Å². The fourth-order valence-electron chi connectivity index (χ4n) is 2.05. The van der Waals surface area contributed by atoms with Crippen molar-refractivity contribution in [2.24, 2.45) is 0 Å². The Morgan fingerprint density at radius 3 is 2.00 bits per heavy atom. The lowest BCUT2D eigenvalue weighted by Gasteiger charge is -2.23. The lowest BCUT2D eigenvalue weighted by atomic mass is 10.1. The Bertz CT molecular complexity index is 450. The van der Waals surface area contributed by atoms with Gasteiger partial charge in [-0.2, -0.15) is 0 Å². The SMILES string of the molecule is CCc1ccc(C(=O)N(C)CC(=O)N(CC)CC)cc1. The highest BCUT2D eigenvalue weighted by molar-refractivity contribution is 5.96. The maximum Gasteiger partial charge on any atom is 0.254 e. The second-order valence-corrected chi connectivity index (χ2v) is 4.78. The first-order valence-corrected chi connectivity index (χ1v) is 7.15. The van der Waals surface area contributed by atoms with Gasteiger partial charge in [-0.1, -0.05) is 19.1 Å². The number of hydrogen-bond donors (Lipinski definition) is 0. The number of likely N-dealkylation sites (N-methyl/N-ethyl adjacent to an activating group) is 2. The third-order valence-electron chi connectivity index (χ3n) is 3.44. The van der Waals surface area contributed by atoms with Crippen LogP contribution in [0.3, 0.4) is 0 Å². The summed E-state index contributed by atoms with van der Waals surface area (Å²) < 4.78 is 0. The second kappa shape index (κ2) is 7.68. The lowest BCUT2D eigenvalue weighted by Crippen LogP contribution is -2.41. The molecule has 0 aromatic heterocycles. The summed E-state index contributed by atoms with van der Waals surface area (Å²) in [5, 5.41) is 0. The van der Waals surface area contributed by atoms with Gasteiger partial charge in [-0.15, -0.1) is 0 Å². The Balaban J connectivity index is 2.68. The van der Waals surface area contributed by atoms with Crippen molar-refractivity contribution < 1.29 is 9.59 Å². The van der Waals surface area contributed by atoms with Crippen LogP contribution in [0.4, 0.5) is 0 Å².